The molecule has 0 bridgehead atoms. The average Bonchev–Trinajstić information content (AvgIpc) is 3.06. The Morgan fingerprint density at radius 3 is 1.79 bits per heavy atom. The highest BCUT2D eigenvalue weighted by molar-refractivity contribution is 9.14. The Bertz CT molecular complexity index is 906. The van der Waals surface area contributed by atoms with E-state index in [9.17, 15) is 0 Å². The first-order chi connectivity index (χ1) is 16.0. The summed E-state index contributed by atoms with van der Waals surface area (Å²) < 4.78 is 3.47. The summed E-state index contributed by atoms with van der Waals surface area (Å²) in [7, 11) is 0. The second kappa shape index (κ2) is 13.5. The highest BCUT2D eigenvalue weighted by Crippen LogP contribution is 2.58. The SMILES string of the molecule is CCCCCCCCC1(CCCCCCCC)c2cc(S)ccc2-c2cc(Br)c(Br)c(Br)c21. The lowest BCUT2D eigenvalue weighted by atomic mass is 9.70. The smallest absolute Gasteiger partial charge is 0.0463 e. The van der Waals surface area contributed by atoms with Crippen molar-refractivity contribution < 1.29 is 0 Å². The van der Waals surface area contributed by atoms with Crippen LogP contribution in [0.3, 0.4) is 0 Å². The summed E-state index contributed by atoms with van der Waals surface area (Å²) >= 11 is 16.4. The molecule has 0 aliphatic heterocycles. The fraction of sp³-hybridized carbons (Fsp3) is 0.586. The molecule has 0 nitrogen and oxygen atoms in total. The molecule has 0 atom stereocenters. The van der Waals surface area contributed by atoms with Gasteiger partial charge < -0.3 is 0 Å². The van der Waals surface area contributed by atoms with Gasteiger partial charge in [0.15, 0.2) is 0 Å². The first kappa shape index (κ1) is 27.8. The number of hydrogen-bond donors (Lipinski definition) is 1. The number of halogens is 3. The summed E-state index contributed by atoms with van der Waals surface area (Å²) in [5.74, 6) is 0. The molecular formula is C29H39Br3S. The minimum Gasteiger partial charge on any atom is -0.143 e. The Balaban J connectivity index is 1.96. The molecule has 1 aliphatic rings. The van der Waals surface area contributed by atoms with Crippen molar-refractivity contribution in [3.05, 3.63) is 48.8 Å². The molecule has 2 aromatic carbocycles. The molecule has 0 unspecified atom stereocenters. The Kier molecular flexibility index (Phi) is 11.4. The van der Waals surface area contributed by atoms with E-state index in [1.54, 1.807) is 0 Å². The number of thiol groups is 1. The van der Waals surface area contributed by atoms with Gasteiger partial charge in [-0.3, -0.25) is 0 Å². The van der Waals surface area contributed by atoms with Crippen LogP contribution in [0.15, 0.2) is 42.6 Å². The van der Waals surface area contributed by atoms with Crippen LogP contribution in [0, 0.1) is 0 Å². The number of unbranched alkanes of at least 4 members (excludes halogenated alkanes) is 10. The van der Waals surface area contributed by atoms with Gasteiger partial charge in [-0.25, -0.2) is 0 Å². The van der Waals surface area contributed by atoms with Crippen LogP contribution in [0.1, 0.15) is 115 Å². The van der Waals surface area contributed by atoms with Crippen molar-refractivity contribution >= 4 is 60.4 Å². The molecule has 182 valence electrons. The zero-order chi connectivity index (χ0) is 23.8. The van der Waals surface area contributed by atoms with E-state index in [-0.39, 0.29) is 5.41 Å². The van der Waals surface area contributed by atoms with Gasteiger partial charge in [0, 0.05) is 23.7 Å². The predicted octanol–water partition coefficient (Wildman–Crippen LogP) is 12.0. The van der Waals surface area contributed by atoms with Gasteiger partial charge in [-0.1, -0.05) is 97.0 Å². The summed E-state index contributed by atoms with van der Waals surface area (Å²) in [6.45, 7) is 4.59. The van der Waals surface area contributed by atoms with E-state index >= 15 is 0 Å². The van der Waals surface area contributed by atoms with Gasteiger partial charge >= 0.3 is 0 Å². The van der Waals surface area contributed by atoms with E-state index < -0.39 is 0 Å². The lowest BCUT2D eigenvalue weighted by Gasteiger charge is -2.34. The maximum Gasteiger partial charge on any atom is 0.0463 e. The van der Waals surface area contributed by atoms with Crippen molar-refractivity contribution in [3.8, 4) is 11.1 Å². The molecule has 0 aromatic heterocycles. The second-order valence-corrected chi connectivity index (χ2v) is 12.7. The van der Waals surface area contributed by atoms with Gasteiger partial charge in [0.1, 0.15) is 0 Å². The molecule has 33 heavy (non-hydrogen) atoms. The lowest BCUT2D eigenvalue weighted by molar-refractivity contribution is 0.396. The highest BCUT2D eigenvalue weighted by atomic mass is 79.9. The molecule has 0 saturated heterocycles. The van der Waals surface area contributed by atoms with Crippen LogP contribution in [0.5, 0.6) is 0 Å². The molecule has 0 heterocycles. The minimum absolute atomic E-state index is 0.0704. The monoisotopic (exact) mass is 656 g/mol. The van der Waals surface area contributed by atoms with E-state index in [0.29, 0.717) is 0 Å². The third-order valence-electron chi connectivity index (χ3n) is 7.36. The Labute approximate surface area is 232 Å². The van der Waals surface area contributed by atoms with E-state index in [1.165, 1.54) is 117 Å². The number of hydrogen-bond acceptors (Lipinski definition) is 1. The maximum absolute atomic E-state index is 4.77. The molecule has 2 aromatic rings. The summed E-state index contributed by atoms with van der Waals surface area (Å²) in [5.41, 5.74) is 5.85. The largest absolute Gasteiger partial charge is 0.143 e. The van der Waals surface area contributed by atoms with Gasteiger partial charge in [0.25, 0.3) is 0 Å². The van der Waals surface area contributed by atoms with E-state index in [1.807, 2.05) is 0 Å². The van der Waals surface area contributed by atoms with Gasteiger partial charge in [-0.2, -0.15) is 0 Å². The average molecular weight is 659 g/mol. The Morgan fingerprint density at radius 1 is 0.667 bits per heavy atom. The molecule has 0 amide bonds. The first-order valence-electron chi connectivity index (χ1n) is 13.0. The summed E-state index contributed by atoms with van der Waals surface area (Å²) in [4.78, 5) is 1.08. The Hall–Kier alpha value is 0.230. The normalized spacial score (nSPS) is 13.9. The molecule has 0 N–H and O–H groups in total. The predicted molar refractivity (Wildman–Crippen MR) is 159 cm³/mol. The summed E-state index contributed by atoms with van der Waals surface area (Å²) in [5, 5.41) is 0. The van der Waals surface area contributed by atoms with Gasteiger partial charge in [0.2, 0.25) is 0 Å². The Morgan fingerprint density at radius 2 is 1.21 bits per heavy atom. The molecule has 0 fully saturated rings. The molecule has 0 saturated carbocycles. The first-order valence-corrected chi connectivity index (χ1v) is 15.8. The molecule has 0 spiro atoms. The molecule has 3 rings (SSSR count). The molecule has 4 heteroatoms. The second-order valence-electron chi connectivity index (χ2n) is 9.76. The minimum atomic E-state index is 0.0704. The topological polar surface area (TPSA) is 0 Å². The third kappa shape index (κ3) is 6.52. The summed E-state index contributed by atoms with van der Waals surface area (Å²) in [6.07, 6.45) is 18.5. The molecular weight excluding hydrogens is 620 g/mol. The van der Waals surface area contributed by atoms with E-state index in [2.05, 4.69) is 85.9 Å². The lowest BCUT2D eigenvalue weighted by Crippen LogP contribution is -2.26. The van der Waals surface area contributed by atoms with Crippen LogP contribution in [0.25, 0.3) is 11.1 Å². The molecule has 1 aliphatic carbocycles. The maximum atomic E-state index is 4.77. The van der Waals surface area contributed by atoms with Crippen LogP contribution in [-0.2, 0) is 5.41 Å². The zero-order valence-electron chi connectivity index (χ0n) is 20.3. The fourth-order valence-corrected chi connectivity index (χ4v) is 7.65. The van der Waals surface area contributed by atoms with Gasteiger partial charge in [0.05, 0.1) is 0 Å². The van der Waals surface area contributed by atoms with Crippen LogP contribution in [0.2, 0.25) is 0 Å². The third-order valence-corrected chi connectivity index (χ3v) is 10.9. The van der Waals surface area contributed by atoms with Crippen molar-refractivity contribution in [1.29, 1.82) is 0 Å². The fourth-order valence-electron chi connectivity index (χ4n) is 5.63. The highest BCUT2D eigenvalue weighted by Gasteiger charge is 2.44. The van der Waals surface area contributed by atoms with E-state index in [4.69, 9.17) is 12.6 Å². The van der Waals surface area contributed by atoms with Gasteiger partial charge in [-0.05, 0) is 101 Å². The number of fused-ring (bicyclic) bond motifs is 3. The number of rotatable bonds is 14. The quantitative estimate of drug-likeness (QED) is 0.117. The van der Waals surface area contributed by atoms with E-state index in [0.717, 1.165) is 13.8 Å². The summed E-state index contributed by atoms with van der Waals surface area (Å²) in [6, 6.07) is 9.14. The standard InChI is InChI=1S/C29H39Br3S/c1-3-5-7-9-11-13-17-29(18-14-12-10-8-6-4-2)24-19-21(33)15-16-22(24)23-20-25(30)27(31)28(32)26(23)29/h15-16,19-20,33H,3-14,17-18H2,1-2H3. The van der Waals surface area contributed by atoms with Crippen molar-refractivity contribution in [2.45, 2.75) is 114 Å². The van der Waals surface area contributed by atoms with Crippen LogP contribution in [-0.4, -0.2) is 0 Å². The number of benzene rings is 2. The van der Waals surface area contributed by atoms with Crippen molar-refractivity contribution in [2.75, 3.05) is 0 Å². The van der Waals surface area contributed by atoms with Crippen LogP contribution < -0.4 is 0 Å². The van der Waals surface area contributed by atoms with Crippen molar-refractivity contribution in [1.82, 2.24) is 0 Å². The zero-order valence-corrected chi connectivity index (χ0v) is 25.9. The van der Waals surface area contributed by atoms with Crippen LogP contribution in [0.4, 0.5) is 0 Å². The van der Waals surface area contributed by atoms with Gasteiger partial charge in [-0.15, -0.1) is 12.6 Å². The van der Waals surface area contributed by atoms with Crippen molar-refractivity contribution in [3.63, 3.8) is 0 Å². The van der Waals surface area contributed by atoms with Crippen molar-refractivity contribution in [2.24, 2.45) is 0 Å². The van der Waals surface area contributed by atoms with Crippen LogP contribution >= 0.6 is 60.4 Å². The molecule has 0 radical (unpaired) electrons.